The highest BCUT2D eigenvalue weighted by Crippen LogP contribution is 2.30. The second-order valence-electron chi connectivity index (χ2n) is 4.29. The first-order valence-corrected chi connectivity index (χ1v) is 6.51. The van der Waals surface area contributed by atoms with Crippen LogP contribution in [0.4, 0.5) is 8.78 Å². The molecule has 2 aromatic rings. The van der Waals surface area contributed by atoms with Crippen molar-refractivity contribution in [2.75, 3.05) is 6.61 Å². The summed E-state index contributed by atoms with van der Waals surface area (Å²) in [5.41, 5.74) is 1.89. The van der Waals surface area contributed by atoms with Crippen LogP contribution in [-0.4, -0.2) is 6.61 Å². The van der Waals surface area contributed by atoms with Gasteiger partial charge in [-0.15, -0.1) is 0 Å². The number of rotatable bonds is 4. The summed E-state index contributed by atoms with van der Waals surface area (Å²) in [5.74, 6) is -1.88. The summed E-state index contributed by atoms with van der Waals surface area (Å²) < 4.78 is 32.9. The SMILES string of the molecule is C/C=C/c1ccc(-c2ccc(OCC)c(F)c2F)cc1. The number of hydrogen-bond donors (Lipinski definition) is 0. The van der Waals surface area contributed by atoms with Crippen LogP contribution in [0.1, 0.15) is 19.4 Å². The van der Waals surface area contributed by atoms with Gasteiger partial charge in [-0.3, -0.25) is 0 Å². The quantitative estimate of drug-likeness (QED) is 0.757. The molecule has 0 aliphatic carbocycles. The van der Waals surface area contributed by atoms with E-state index in [1.807, 2.05) is 31.2 Å². The second kappa shape index (κ2) is 6.33. The lowest BCUT2D eigenvalue weighted by molar-refractivity contribution is 0.314. The standard InChI is InChI=1S/C17H16F2O/c1-3-5-12-6-8-13(9-7-12)14-10-11-15(20-4-2)17(19)16(14)18/h3,5-11H,4H2,1-2H3/b5-3+. The number of benzene rings is 2. The Labute approximate surface area is 117 Å². The van der Waals surface area contributed by atoms with Crippen molar-refractivity contribution in [1.29, 1.82) is 0 Å². The Kier molecular flexibility index (Phi) is 4.51. The van der Waals surface area contributed by atoms with Gasteiger partial charge in [0.2, 0.25) is 5.82 Å². The molecular formula is C17H16F2O. The molecule has 0 radical (unpaired) electrons. The molecule has 0 saturated heterocycles. The van der Waals surface area contributed by atoms with Gasteiger partial charge in [0.05, 0.1) is 6.61 Å². The third-order valence-electron chi connectivity index (χ3n) is 2.93. The summed E-state index contributed by atoms with van der Waals surface area (Å²) >= 11 is 0. The molecule has 1 nitrogen and oxygen atoms in total. The van der Waals surface area contributed by atoms with Crippen molar-refractivity contribution in [2.45, 2.75) is 13.8 Å². The summed E-state index contributed by atoms with van der Waals surface area (Å²) in [7, 11) is 0. The van der Waals surface area contributed by atoms with Gasteiger partial charge < -0.3 is 4.74 Å². The van der Waals surface area contributed by atoms with Crippen LogP contribution in [0.15, 0.2) is 42.5 Å². The van der Waals surface area contributed by atoms with Crippen molar-refractivity contribution in [3.8, 4) is 16.9 Å². The van der Waals surface area contributed by atoms with E-state index in [1.54, 1.807) is 19.1 Å². The van der Waals surface area contributed by atoms with Gasteiger partial charge in [0.25, 0.3) is 0 Å². The van der Waals surface area contributed by atoms with Crippen LogP contribution in [-0.2, 0) is 0 Å². The highest BCUT2D eigenvalue weighted by atomic mass is 19.2. The summed E-state index contributed by atoms with van der Waals surface area (Å²) in [6.45, 7) is 3.95. The van der Waals surface area contributed by atoms with Crippen LogP contribution in [0.25, 0.3) is 17.2 Å². The first-order chi connectivity index (χ1) is 9.67. The Bertz CT molecular complexity index is 616. The lowest BCUT2D eigenvalue weighted by Crippen LogP contribution is -1.98. The zero-order valence-corrected chi connectivity index (χ0v) is 11.5. The normalized spacial score (nSPS) is 11.0. The number of ether oxygens (including phenoxy) is 1. The van der Waals surface area contributed by atoms with Gasteiger partial charge >= 0.3 is 0 Å². The van der Waals surface area contributed by atoms with Crippen LogP contribution >= 0.6 is 0 Å². The Morgan fingerprint density at radius 2 is 1.70 bits per heavy atom. The Hall–Kier alpha value is -2.16. The second-order valence-corrected chi connectivity index (χ2v) is 4.29. The molecule has 0 spiro atoms. The van der Waals surface area contributed by atoms with Crippen LogP contribution < -0.4 is 4.74 Å². The molecule has 0 atom stereocenters. The third-order valence-corrected chi connectivity index (χ3v) is 2.93. The van der Waals surface area contributed by atoms with E-state index < -0.39 is 11.6 Å². The number of halogens is 2. The van der Waals surface area contributed by atoms with E-state index in [0.29, 0.717) is 12.2 Å². The number of allylic oxidation sites excluding steroid dienone is 1. The predicted molar refractivity (Wildman–Crippen MR) is 77.7 cm³/mol. The Morgan fingerprint density at radius 3 is 2.30 bits per heavy atom. The van der Waals surface area contributed by atoms with Gasteiger partial charge in [0, 0.05) is 5.56 Å². The minimum atomic E-state index is -0.943. The molecule has 0 aromatic heterocycles. The van der Waals surface area contributed by atoms with Gasteiger partial charge in [-0.1, -0.05) is 36.4 Å². The van der Waals surface area contributed by atoms with Crippen LogP contribution in [0.5, 0.6) is 5.75 Å². The van der Waals surface area contributed by atoms with Crippen molar-refractivity contribution in [1.82, 2.24) is 0 Å². The molecule has 0 fully saturated rings. The molecule has 3 heteroatoms. The largest absolute Gasteiger partial charge is 0.491 e. The molecule has 0 aliphatic heterocycles. The molecule has 20 heavy (non-hydrogen) atoms. The van der Waals surface area contributed by atoms with Crippen molar-refractivity contribution in [3.63, 3.8) is 0 Å². The van der Waals surface area contributed by atoms with Gasteiger partial charge in [0.15, 0.2) is 11.6 Å². The lowest BCUT2D eigenvalue weighted by atomic mass is 10.0. The Balaban J connectivity index is 2.40. The molecule has 2 aromatic carbocycles. The maximum Gasteiger partial charge on any atom is 0.201 e. The molecule has 104 valence electrons. The summed E-state index contributed by atoms with van der Waals surface area (Å²) in [5, 5.41) is 0. The van der Waals surface area contributed by atoms with Gasteiger partial charge in [-0.05, 0) is 37.1 Å². The van der Waals surface area contributed by atoms with E-state index in [4.69, 9.17) is 4.74 Å². The molecule has 0 unspecified atom stereocenters. The van der Waals surface area contributed by atoms with Gasteiger partial charge in [0.1, 0.15) is 0 Å². The summed E-state index contributed by atoms with van der Waals surface area (Å²) in [4.78, 5) is 0. The molecule has 0 bridgehead atoms. The van der Waals surface area contributed by atoms with Crippen molar-refractivity contribution < 1.29 is 13.5 Å². The fourth-order valence-corrected chi connectivity index (χ4v) is 1.99. The van der Waals surface area contributed by atoms with Crippen molar-refractivity contribution >= 4 is 6.08 Å². The average Bonchev–Trinajstić information content (AvgIpc) is 2.46. The maximum atomic E-state index is 14.1. The molecule has 0 aliphatic rings. The molecule has 0 amide bonds. The van der Waals surface area contributed by atoms with Crippen LogP contribution in [0, 0.1) is 11.6 Å². The first-order valence-electron chi connectivity index (χ1n) is 6.51. The van der Waals surface area contributed by atoms with E-state index in [1.165, 1.54) is 12.1 Å². The van der Waals surface area contributed by atoms with Crippen LogP contribution in [0.2, 0.25) is 0 Å². The summed E-state index contributed by atoms with van der Waals surface area (Å²) in [6.07, 6.45) is 3.87. The van der Waals surface area contributed by atoms with Crippen molar-refractivity contribution in [3.05, 3.63) is 59.7 Å². The average molecular weight is 274 g/mol. The molecular weight excluding hydrogens is 258 g/mol. The maximum absolute atomic E-state index is 14.1. The van der Waals surface area contributed by atoms with E-state index in [0.717, 1.165) is 5.56 Å². The molecule has 2 rings (SSSR count). The van der Waals surface area contributed by atoms with Gasteiger partial charge in [-0.2, -0.15) is 4.39 Å². The van der Waals surface area contributed by atoms with E-state index in [9.17, 15) is 8.78 Å². The minimum absolute atomic E-state index is 0.0562. The third kappa shape index (κ3) is 2.87. The van der Waals surface area contributed by atoms with E-state index >= 15 is 0 Å². The molecule has 0 N–H and O–H groups in total. The molecule has 0 heterocycles. The topological polar surface area (TPSA) is 9.23 Å². The van der Waals surface area contributed by atoms with E-state index in [2.05, 4.69) is 0 Å². The zero-order chi connectivity index (χ0) is 14.5. The minimum Gasteiger partial charge on any atom is -0.491 e. The highest BCUT2D eigenvalue weighted by Gasteiger charge is 2.15. The predicted octanol–water partition coefficient (Wildman–Crippen LogP) is 5.06. The van der Waals surface area contributed by atoms with Crippen molar-refractivity contribution in [2.24, 2.45) is 0 Å². The van der Waals surface area contributed by atoms with Gasteiger partial charge in [-0.25, -0.2) is 4.39 Å². The zero-order valence-electron chi connectivity index (χ0n) is 11.5. The fourth-order valence-electron chi connectivity index (χ4n) is 1.99. The van der Waals surface area contributed by atoms with E-state index in [-0.39, 0.29) is 11.3 Å². The number of hydrogen-bond acceptors (Lipinski definition) is 1. The molecule has 0 saturated carbocycles. The van der Waals surface area contributed by atoms with Crippen LogP contribution in [0.3, 0.4) is 0 Å². The fraction of sp³-hybridized carbons (Fsp3) is 0.176. The first kappa shape index (κ1) is 14.3. The lowest BCUT2D eigenvalue weighted by Gasteiger charge is -2.09. The highest BCUT2D eigenvalue weighted by molar-refractivity contribution is 5.67. The smallest absolute Gasteiger partial charge is 0.201 e. The Morgan fingerprint density at radius 1 is 1.00 bits per heavy atom. The summed E-state index contributed by atoms with van der Waals surface area (Å²) in [6, 6.07) is 10.3. The monoisotopic (exact) mass is 274 g/mol.